The summed E-state index contributed by atoms with van der Waals surface area (Å²) in [5, 5.41) is 7.43. The molecule has 0 bridgehead atoms. The molecule has 0 saturated carbocycles. The van der Waals surface area contributed by atoms with Crippen molar-refractivity contribution < 1.29 is 4.79 Å². The number of carbonyl (C=O) groups excluding carboxylic acids is 1. The van der Waals surface area contributed by atoms with E-state index < -0.39 is 0 Å². The Morgan fingerprint density at radius 2 is 2.16 bits per heavy atom. The fraction of sp³-hybridized carbons (Fsp3) is 0.435. The highest BCUT2D eigenvalue weighted by molar-refractivity contribution is 7.18. The summed E-state index contributed by atoms with van der Waals surface area (Å²) in [5.74, 6) is 0.578. The molecule has 0 radical (unpaired) electrons. The second-order valence-corrected chi connectivity index (χ2v) is 11.4. The molecule has 162 valence electrons. The standard InChI is InChI=1S/C23H26N4OS3/c1-15-7-8-17-16(12-15)13-19(30-17)22(28)26-24-14-20-21(18-6-5-11-29-18)25-23(31-20)27-9-3-2-4-10-27/h5-6,11,13-15H,2-4,7-10,12H2,1H3,(H,26,28)/b24-14-/t15-/m0/s1. The lowest BCUT2D eigenvalue weighted by atomic mass is 9.90. The number of aryl methyl sites for hydroxylation is 1. The number of piperidine rings is 1. The highest BCUT2D eigenvalue weighted by atomic mass is 32.1. The van der Waals surface area contributed by atoms with Gasteiger partial charge in [-0.2, -0.15) is 5.10 Å². The van der Waals surface area contributed by atoms with Gasteiger partial charge in [-0.3, -0.25) is 4.79 Å². The van der Waals surface area contributed by atoms with Gasteiger partial charge in [0.25, 0.3) is 5.91 Å². The Kier molecular flexibility index (Phi) is 6.20. The van der Waals surface area contributed by atoms with Gasteiger partial charge in [0.05, 0.1) is 20.8 Å². The van der Waals surface area contributed by atoms with Crippen LogP contribution in [0.5, 0.6) is 0 Å². The first-order valence-electron chi connectivity index (χ1n) is 10.9. The Hall–Kier alpha value is -2.03. The van der Waals surface area contributed by atoms with Gasteiger partial charge in [0, 0.05) is 18.0 Å². The molecule has 1 fully saturated rings. The lowest BCUT2D eigenvalue weighted by molar-refractivity contribution is 0.0959. The summed E-state index contributed by atoms with van der Waals surface area (Å²) in [6, 6.07) is 6.19. The maximum Gasteiger partial charge on any atom is 0.281 e. The SMILES string of the molecule is C[C@H]1CCc2sc(C(=O)N/N=C\c3sc(N4CCCCC4)nc3-c3cccs3)cc2C1. The van der Waals surface area contributed by atoms with Gasteiger partial charge >= 0.3 is 0 Å². The first-order valence-corrected chi connectivity index (χ1v) is 13.4. The third-order valence-electron chi connectivity index (χ3n) is 5.92. The minimum Gasteiger partial charge on any atom is -0.348 e. The van der Waals surface area contributed by atoms with Crippen LogP contribution in [-0.2, 0) is 12.8 Å². The Labute approximate surface area is 194 Å². The van der Waals surface area contributed by atoms with E-state index in [0.29, 0.717) is 5.92 Å². The number of thiophene rings is 2. The van der Waals surface area contributed by atoms with Crippen molar-refractivity contribution in [1.82, 2.24) is 10.4 Å². The summed E-state index contributed by atoms with van der Waals surface area (Å²) in [7, 11) is 0. The van der Waals surface area contributed by atoms with Crippen molar-refractivity contribution in [3.63, 3.8) is 0 Å². The molecule has 8 heteroatoms. The molecule has 1 aliphatic heterocycles. The van der Waals surface area contributed by atoms with E-state index in [1.165, 1.54) is 36.1 Å². The lowest BCUT2D eigenvalue weighted by Crippen LogP contribution is -2.29. The number of hydrazone groups is 1. The van der Waals surface area contributed by atoms with Gasteiger partial charge in [-0.1, -0.05) is 24.3 Å². The number of anilines is 1. The number of aromatic nitrogens is 1. The van der Waals surface area contributed by atoms with Gasteiger partial charge < -0.3 is 4.90 Å². The number of fused-ring (bicyclic) bond motifs is 1. The Morgan fingerprint density at radius 1 is 1.29 bits per heavy atom. The predicted octanol–water partition coefficient (Wildman–Crippen LogP) is 5.81. The fourth-order valence-corrected chi connectivity index (χ4v) is 7.13. The van der Waals surface area contributed by atoms with E-state index in [9.17, 15) is 4.79 Å². The molecule has 0 spiro atoms. The predicted molar refractivity (Wildman–Crippen MR) is 132 cm³/mol. The maximum absolute atomic E-state index is 12.7. The third kappa shape index (κ3) is 4.61. The first-order chi connectivity index (χ1) is 15.2. The van der Waals surface area contributed by atoms with E-state index in [4.69, 9.17) is 4.98 Å². The quantitative estimate of drug-likeness (QED) is 0.378. The molecule has 3 aromatic rings. The zero-order valence-electron chi connectivity index (χ0n) is 17.6. The highest BCUT2D eigenvalue weighted by Gasteiger charge is 2.21. The molecular weight excluding hydrogens is 444 g/mol. The molecule has 1 amide bonds. The van der Waals surface area contributed by atoms with Crippen molar-refractivity contribution in [1.29, 1.82) is 0 Å². The van der Waals surface area contributed by atoms with Crippen LogP contribution in [0.15, 0.2) is 28.7 Å². The van der Waals surface area contributed by atoms with Crippen LogP contribution in [-0.4, -0.2) is 30.2 Å². The molecule has 1 saturated heterocycles. The van der Waals surface area contributed by atoms with Crippen LogP contribution in [0.3, 0.4) is 0 Å². The van der Waals surface area contributed by atoms with E-state index in [2.05, 4.69) is 39.9 Å². The summed E-state index contributed by atoms with van der Waals surface area (Å²) < 4.78 is 0. The summed E-state index contributed by atoms with van der Waals surface area (Å²) in [6.07, 6.45) is 8.87. The van der Waals surface area contributed by atoms with Crippen molar-refractivity contribution in [3.8, 4) is 10.6 Å². The monoisotopic (exact) mass is 470 g/mol. The lowest BCUT2D eigenvalue weighted by Gasteiger charge is -2.25. The third-order valence-corrected chi connectivity index (χ3v) is 9.09. The molecule has 1 N–H and O–H groups in total. The molecule has 4 heterocycles. The average molecular weight is 471 g/mol. The molecule has 0 unspecified atom stereocenters. The molecule has 5 nitrogen and oxygen atoms in total. The van der Waals surface area contributed by atoms with Crippen molar-refractivity contribution >= 4 is 51.3 Å². The summed E-state index contributed by atoms with van der Waals surface area (Å²) in [6.45, 7) is 4.40. The Morgan fingerprint density at radius 3 is 2.97 bits per heavy atom. The van der Waals surface area contributed by atoms with Crippen LogP contribution >= 0.6 is 34.0 Å². The number of carbonyl (C=O) groups is 1. The molecule has 1 atom stereocenters. The molecule has 1 aliphatic carbocycles. The van der Waals surface area contributed by atoms with E-state index in [1.807, 2.05) is 6.07 Å². The largest absolute Gasteiger partial charge is 0.348 e. The van der Waals surface area contributed by atoms with Crippen LogP contribution in [0.1, 0.15) is 57.6 Å². The number of hydrogen-bond acceptors (Lipinski definition) is 7. The van der Waals surface area contributed by atoms with Gasteiger partial charge in [-0.25, -0.2) is 10.4 Å². The van der Waals surface area contributed by atoms with Gasteiger partial charge in [0.15, 0.2) is 5.13 Å². The average Bonchev–Trinajstić information content (AvgIpc) is 3.53. The summed E-state index contributed by atoms with van der Waals surface area (Å²) in [4.78, 5) is 24.2. The molecule has 3 aromatic heterocycles. The van der Waals surface area contributed by atoms with Gasteiger partial charge in [-0.15, -0.1) is 22.7 Å². The van der Waals surface area contributed by atoms with Crippen molar-refractivity contribution in [2.75, 3.05) is 18.0 Å². The van der Waals surface area contributed by atoms with Crippen molar-refractivity contribution in [2.45, 2.75) is 45.4 Å². The minimum absolute atomic E-state index is 0.123. The van der Waals surface area contributed by atoms with Crippen LogP contribution in [0.2, 0.25) is 0 Å². The summed E-state index contributed by atoms with van der Waals surface area (Å²) >= 11 is 4.95. The van der Waals surface area contributed by atoms with Gasteiger partial charge in [0.1, 0.15) is 5.69 Å². The smallest absolute Gasteiger partial charge is 0.281 e. The van der Waals surface area contributed by atoms with Crippen LogP contribution in [0.25, 0.3) is 10.6 Å². The molecule has 31 heavy (non-hydrogen) atoms. The maximum atomic E-state index is 12.7. The number of amides is 1. The van der Waals surface area contributed by atoms with Crippen LogP contribution in [0, 0.1) is 5.92 Å². The molecule has 0 aromatic carbocycles. The molecule has 5 rings (SSSR count). The minimum atomic E-state index is -0.123. The number of rotatable bonds is 5. The summed E-state index contributed by atoms with van der Waals surface area (Å²) in [5.41, 5.74) is 5.04. The normalized spacial score (nSPS) is 19.0. The van der Waals surface area contributed by atoms with Crippen molar-refractivity contribution in [2.24, 2.45) is 11.0 Å². The molecular formula is C23H26N4OS3. The van der Waals surface area contributed by atoms with E-state index in [1.54, 1.807) is 40.2 Å². The van der Waals surface area contributed by atoms with E-state index in [-0.39, 0.29) is 5.91 Å². The molecule has 2 aliphatic rings. The fourth-order valence-electron chi connectivity index (χ4n) is 4.24. The van der Waals surface area contributed by atoms with Gasteiger partial charge in [0.2, 0.25) is 0 Å². The van der Waals surface area contributed by atoms with Crippen molar-refractivity contribution in [3.05, 3.63) is 43.8 Å². The second kappa shape index (κ2) is 9.22. The topological polar surface area (TPSA) is 57.6 Å². The van der Waals surface area contributed by atoms with Crippen LogP contribution in [0.4, 0.5) is 5.13 Å². The van der Waals surface area contributed by atoms with E-state index >= 15 is 0 Å². The van der Waals surface area contributed by atoms with Gasteiger partial charge in [-0.05, 0) is 67.5 Å². The number of thiazole rings is 1. The number of nitrogens with zero attached hydrogens (tertiary/aromatic N) is 3. The Bertz CT molecular complexity index is 1080. The Balaban J connectivity index is 1.33. The zero-order chi connectivity index (χ0) is 21.2. The first kappa shape index (κ1) is 20.8. The van der Waals surface area contributed by atoms with Crippen LogP contribution < -0.4 is 10.3 Å². The second-order valence-electron chi connectivity index (χ2n) is 8.34. The zero-order valence-corrected chi connectivity index (χ0v) is 20.0. The van der Waals surface area contributed by atoms with E-state index in [0.717, 1.165) is 51.4 Å². The number of hydrogen-bond donors (Lipinski definition) is 1. The highest BCUT2D eigenvalue weighted by Crippen LogP contribution is 2.35. The number of nitrogens with one attached hydrogen (secondary N) is 1.